The van der Waals surface area contributed by atoms with Gasteiger partial charge in [-0.05, 0) is 56.2 Å². The van der Waals surface area contributed by atoms with Crippen molar-refractivity contribution in [1.82, 2.24) is 9.38 Å². The maximum atomic E-state index is 13.1. The number of para-hydroxylation sites is 2. The molecule has 162 valence electrons. The number of nitrogens with zero attached hydrogens (tertiary/aromatic N) is 2. The number of benzene rings is 2. The summed E-state index contributed by atoms with van der Waals surface area (Å²) in [7, 11) is 0. The molecule has 4 nitrogen and oxygen atoms in total. The van der Waals surface area contributed by atoms with E-state index < -0.39 is 0 Å². The highest BCUT2D eigenvalue weighted by atomic mass is 35.5. The Morgan fingerprint density at radius 2 is 1.97 bits per heavy atom. The molecular formula is C25H27ClN2O2S. The first-order chi connectivity index (χ1) is 15.1. The Kier molecular flexibility index (Phi) is 6.93. The Bertz CT molecular complexity index is 1290. The normalized spacial score (nSPS) is 13.3. The molecule has 4 aromatic rings. The summed E-state index contributed by atoms with van der Waals surface area (Å²) < 4.78 is 8.53. The topological polar surface area (TPSA) is 43.6 Å². The number of rotatable bonds is 9. The first-order valence-electron chi connectivity index (χ1n) is 10.9. The van der Waals surface area contributed by atoms with E-state index in [1.807, 2.05) is 48.5 Å². The van der Waals surface area contributed by atoms with Crippen LogP contribution in [-0.2, 0) is 0 Å². The molecule has 0 saturated carbocycles. The predicted octanol–water partition coefficient (Wildman–Crippen LogP) is 6.24. The average molecular weight is 455 g/mol. The Balaban J connectivity index is 1.61. The second-order valence-electron chi connectivity index (χ2n) is 7.95. The van der Waals surface area contributed by atoms with Crippen molar-refractivity contribution in [1.29, 1.82) is 0 Å². The van der Waals surface area contributed by atoms with Crippen LogP contribution in [0.3, 0.4) is 0 Å². The Morgan fingerprint density at radius 1 is 1.16 bits per heavy atom. The van der Waals surface area contributed by atoms with Gasteiger partial charge >= 0.3 is 0 Å². The summed E-state index contributed by atoms with van der Waals surface area (Å²) in [5.41, 5.74) is 2.41. The number of aromatic nitrogens is 2. The van der Waals surface area contributed by atoms with Crippen molar-refractivity contribution < 1.29 is 4.74 Å². The van der Waals surface area contributed by atoms with Crippen LogP contribution in [0.25, 0.3) is 22.1 Å². The van der Waals surface area contributed by atoms with Crippen LogP contribution in [0.5, 0.6) is 5.75 Å². The zero-order valence-electron chi connectivity index (χ0n) is 17.9. The monoisotopic (exact) mass is 454 g/mol. The number of unbranched alkanes of at least 4 members (excludes halogenated alkanes) is 4. The second kappa shape index (κ2) is 9.84. The van der Waals surface area contributed by atoms with Crippen LogP contribution in [-0.4, -0.2) is 15.5 Å². The summed E-state index contributed by atoms with van der Waals surface area (Å²) in [5, 5.41) is 0.616. The Morgan fingerprint density at radius 3 is 2.81 bits per heavy atom. The molecule has 0 aliphatic carbocycles. The van der Waals surface area contributed by atoms with E-state index in [-0.39, 0.29) is 11.7 Å². The molecule has 0 saturated heterocycles. The molecule has 2 aromatic carbocycles. The number of imidazole rings is 1. The van der Waals surface area contributed by atoms with Crippen LogP contribution >= 0.6 is 22.9 Å². The molecule has 31 heavy (non-hydrogen) atoms. The minimum Gasteiger partial charge on any atom is -0.490 e. The van der Waals surface area contributed by atoms with E-state index in [0.29, 0.717) is 14.5 Å². The lowest BCUT2D eigenvalue weighted by molar-refractivity contribution is 0.206. The minimum absolute atomic E-state index is 0.0661. The third-order valence-corrected chi connectivity index (χ3v) is 6.65. The smallest absolute Gasteiger partial charge is 0.274 e. The summed E-state index contributed by atoms with van der Waals surface area (Å²) >= 11 is 7.64. The van der Waals surface area contributed by atoms with Gasteiger partial charge in [0.25, 0.3) is 5.56 Å². The van der Waals surface area contributed by atoms with E-state index in [1.165, 1.54) is 37.0 Å². The first-order valence-corrected chi connectivity index (χ1v) is 12.1. The third-order valence-electron chi connectivity index (χ3n) is 5.45. The van der Waals surface area contributed by atoms with Crippen molar-refractivity contribution in [2.45, 2.75) is 58.5 Å². The lowest BCUT2D eigenvalue weighted by Gasteiger charge is -2.16. The third kappa shape index (κ3) is 4.94. The number of thiazole rings is 1. The first kappa shape index (κ1) is 21.8. The second-order valence-corrected chi connectivity index (χ2v) is 9.39. The van der Waals surface area contributed by atoms with Crippen LogP contribution < -0.4 is 14.8 Å². The molecule has 0 spiro atoms. The SMILES string of the molecule is CCCCCCC[C@H](C)Oc1ccc(Cl)cc1/C=c1\sc2nc3ccccc3n2c1=O. The van der Waals surface area contributed by atoms with E-state index in [1.54, 1.807) is 4.40 Å². The highest BCUT2D eigenvalue weighted by Crippen LogP contribution is 2.26. The lowest BCUT2D eigenvalue weighted by Crippen LogP contribution is -2.23. The van der Waals surface area contributed by atoms with Gasteiger partial charge in [-0.25, -0.2) is 9.38 Å². The molecule has 0 bridgehead atoms. The van der Waals surface area contributed by atoms with Crippen LogP contribution in [0.4, 0.5) is 0 Å². The number of halogens is 1. The van der Waals surface area contributed by atoms with Crippen molar-refractivity contribution in [3.8, 4) is 5.75 Å². The van der Waals surface area contributed by atoms with Crippen molar-refractivity contribution in [2.75, 3.05) is 0 Å². The maximum Gasteiger partial charge on any atom is 0.274 e. The van der Waals surface area contributed by atoms with Gasteiger partial charge in [0.15, 0.2) is 4.96 Å². The molecule has 4 rings (SSSR count). The lowest BCUT2D eigenvalue weighted by atomic mass is 10.1. The standard InChI is InChI=1S/C25H27ClN2O2S/c1-3-4-5-6-7-10-17(2)30-22-14-13-19(26)15-18(22)16-23-24(29)28-21-12-9-8-11-20(21)27-25(28)31-23/h8-9,11-17H,3-7,10H2,1-2H3/b23-16-/t17-/m0/s1. The van der Waals surface area contributed by atoms with Gasteiger partial charge in [-0.15, -0.1) is 0 Å². The maximum absolute atomic E-state index is 13.1. The molecule has 0 unspecified atom stereocenters. The van der Waals surface area contributed by atoms with Crippen LogP contribution in [0.15, 0.2) is 47.3 Å². The Labute approximate surface area is 191 Å². The zero-order chi connectivity index (χ0) is 21.8. The van der Waals surface area contributed by atoms with Crippen molar-refractivity contribution in [2.24, 2.45) is 0 Å². The van der Waals surface area contributed by atoms with Crippen LogP contribution in [0.2, 0.25) is 5.02 Å². The minimum atomic E-state index is -0.0661. The van der Waals surface area contributed by atoms with Gasteiger partial charge in [0, 0.05) is 10.6 Å². The van der Waals surface area contributed by atoms with Crippen LogP contribution in [0.1, 0.15) is 57.9 Å². The predicted molar refractivity (Wildman–Crippen MR) is 131 cm³/mol. The molecule has 2 heterocycles. The summed E-state index contributed by atoms with van der Waals surface area (Å²) in [4.78, 5) is 18.4. The molecular weight excluding hydrogens is 428 g/mol. The van der Waals surface area contributed by atoms with Gasteiger partial charge in [-0.1, -0.05) is 67.7 Å². The van der Waals surface area contributed by atoms with Gasteiger partial charge in [0.1, 0.15) is 5.75 Å². The van der Waals surface area contributed by atoms with Gasteiger partial charge < -0.3 is 4.74 Å². The molecule has 1 atom stereocenters. The Hall–Kier alpha value is -2.37. The highest BCUT2D eigenvalue weighted by Gasteiger charge is 2.13. The molecule has 0 aliphatic heterocycles. The molecule has 0 N–H and O–H groups in total. The van der Waals surface area contributed by atoms with E-state index >= 15 is 0 Å². The number of hydrogen-bond acceptors (Lipinski definition) is 4. The zero-order valence-corrected chi connectivity index (χ0v) is 19.5. The molecule has 0 radical (unpaired) electrons. The van der Waals surface area contributed by atoms with E-state index in [0.717, 1.165) is 35.2 Å². The van der Waals surface area contributed by atoms with Crippen molar-refractivity contribution in [3.05, 3.63) is 67.9 Å². The highest BCUT2D eigenvalue weighted by molar-refractivity contribution is 7.15. The van der Waals surface area contributed by atoms with Gasteiger partial charge in [0.2, 0.25) is 0 Å². The quantitative estimate of drug-likeness (QED) is 0.281. The largest absolute Gasteiger partial charge is 0.490 e. The van der Waals surface area contributed by atoms with Gasteiger partial charge in [0.05, 0.1) is 21.7 Å². The molecule has 0 amide bonds. The summed E-state index contributed by atoms with van der Waals surface area (Å²) in [6.45, 7) is 4.33. The number of hydrogen-bond donors (Lipinski definition) is 0. The fourth-order valence-electron chi connectivity index (χ4n) is 3.80. The fraction of sp³-hybridized carbons (Fsp3) is 0.360. The molecule has 6 heteroatoms. The van der Waals surface area contributed by atoms with Gasteiger partial charge in [-0.3, -0.25) is 4.79 Å². The van der Waals surface area contributed by atoms with Gasteiger partial charge in [-0.2, -0.15) is 0 Å². The van der Waals surface area contributed by atoms with Crippen molar-refractivity contribution in [3.63, 3.8) is 0 Å². The van der Waals surface area contributed by atoms with Crippen LogP contribution in [0, 0.1) is 0 Å². The van der Waals surface area contributed by atoms with E-state index in [9.17, 15) is 4.79 Å². The summed E-state index contributed by atoms with van der Waals surface area (Å²) in [5.74, 6) is 0.751. The molecule has 0 aliphatic rings. The fourth-order valence-corrected chi connectivity index (χ4v) is 4.96. The summed E-state index contributed by atoms with van der Waals surface area (Å²) in [6, 6.07) is 13.3. The van der Waals surface area contributed by atoms with Crippen molar-refractivity contribution >= 4 is 45.0 Å². The van der Waals surface area contributed by atoms with E-state index in [4.69, 9.17) is 16.3 Å². The van der Waals surface area contributed by atoms with E-state index in [2.05, 4.69) is 18.8 Å². The number of ether oxygens (including phenoxy) is 1. The molecule has 2 aromatic heterocycles. The summed E-state index contributed by atoms with van der Waals surface area (Å²) in [6.07, 6.45) is 9.21. The average Bonchev–Trinajstić information content (AvgIpc) is 3.26. The number of fused-ring (bicyclic) bond motifs is 3. The molecule has 0 fully saturated rings.